The van der Waals surface area contributed by atoms with E-state index in [0.29, 0.717) is 0 Å². The summed E-state index contributed by atoms with van der Waals surface area (Å²) in [6, 6.07) is 13.9. The van der Waals surface area contributed by atoms with Crippen molar-refractivity contribution in [1.82, 2.24) is 9.78 Å². The number of aromatic nitrogens is 2. The molecule has 1 N–H and O–H groups in total. The lowest BCUT2D eigenvalue weighted by Gasteiger charge is -2.07. The van der Waals surface area contributed by atoms with Crippen LogP contribution in [0, 0.1) is 0 Å². The zero-order valence-electron chi connectivity index (χ0n) is 11.7. The second-order valence-electron chi connectivity index (χ2n) is 4.82. The summed E-state index contributed by atoms with van der Waals surface area (Å²) < 4.78 is 1.85. The highest BCUT2D eigenvalue weighted by Crippen LogP contribution is 2.26. The molecule has 2 aromatic carbocycles. The Balaban J connectivity index is 2.01. The smallest absolute Gasteiger partial charge is 0.247 e. The molecule has 0 aliphatic rings. The quantitative estimate of drug-likeness (QED) is 0.746. The van der Waals surface area contributed by atoms with Gasteiger partial charge < -0.3 is 5.32 Å². The van der Waals surface area contributed by atoms with Crippen LogP contribution in [-0.4, -0.2) is 15.7 Å². The highest BCUT2D eigenvalue weighted by atomic mass is 16.1. The normalized spacial score (nSPS) is 10.5. The predicted octanol–water partition coefficient (Wildman–Crippen LogP) is 3.36. The summed E-state index contributed by atoms with van der Waals surface area (Å²) in [5.41, 5.74) is 3.95. The molecule has 4 heteroatoms. The molecule has 1 amide bonds. The fourth-order valence-corrected chi connectivity index (χ4v) is 2.29. The molecule has 1 heterocycles. The third-order valence-electron chi connectivity index (χ3n) is 3.40. The molecule has 104 valence electrons. The molecular formula is C17H15N3O. The molecule has 0 atom stereocenters. The zero-order valence-corrected chi connectivity index (χ0v) is 11.7. The van der Waals surface area contributed by atoms with E-state index in [2.05, 4.69) is 29.1 Å². The van der Waals surface area contributed by atoms with Crippen LogP contribution in [-0.2, 0) is 11.8 Å². The second-order valence-corrected chi connectivity index (χ2v) is 4.82. The van der Waals surface area contributed by atoms with E-state index < -0.39 is 0 Å². The van der Waals surface area contributed by atoms with Crippen LogP contribution in [0.15, 0.2) is 61.3 Å². The molecule has 0 unspecified atom stereocenters. The van der Waals surface area contributed by atoms with Crippen molar-refractivity contribution in [1.29, 1.82) is 0 Å². The Labute approximate surface area is 122 Å². The Morgan fingerprint density at radius 3 is 2.86 bits per heavy atom. The van der Waals surface area contributed by atoms with E-state index in [4.69, 9.17) is 0 Å². The molecule has 0 fully saturated rings. The summed E-state index contributed by atoms with van der Waals surface area (Å²) in [5.74, 6) is -0.214. The maximum absolute atomic E-state index is 11.4. The van der Waals surface area contributed by atoms with Crippen molar-refractivity contribution in [3.63, 3.8) is 0 Å². The number of amides is 1. The van der Waals surface area contributed by atoms with Gasteiger partial charge in [-0.15, -0.1) is 0 Å². The van der Waals surface area contributed by atoms with Crippen molar-refractivity contribution < 1.29 is 4.79 Å². The number of fused-ring (bicyclic) bond motifs is 1. The summed E-state index contributed by atoms with van der Waals surface area (Å²) in [5, 5.41) is 8.13. The summed E-state index contributed by atoms with van der Waals surface area (Å²) >= 11 is 0. The van der Waals surface area contributed by atoms with Gasteiger partial charge in [0.1, 0.15) is 0 Å². The van der Waals surface area contributed by atoms with Gasteiger partial charge in [-0.05, 0) is 35.4 Å². The third-order valence-corrected chi connectivity index (χ3v) is 3.40. The van der Waals surface area contributed by atoms with Crippen LogP contribution >= 0.6 is 0 Å². The number of hydrogen-bond acceptors (Lipinski definition) is 2. The minimum absolute atomic E-state index is 0.214. The number of rotatable bonds is 3. The van der Waals surface area contributed by atoms with Crippen LogP contribution in [0.3, 0.4) is 0 Å². The van der Waals surface area contributed by atoms with E-state index >= 15 is 0 Å². The summed E-state index contributed by atoms with van der Waals surface area (Å²) in [6.45, 7) is 3.45. The SMILES string of the molecule is C=CC(=O)Nc1cccc(-c2ccc3cnn(C)c3c2)c1. The highest BCUT2D eigenvalue weighted by molar-refractivity contribution is 5.99. The van der Waals surface area contributed by atoms with Crippen LogP contribution in [0.2, 0.25) is 0 Å². The number of anilines is 1. The highest BCUT2D eigenvalue weighted by Gasteiger charge is 2.04. The van der Waals surface area contributed by atoms with E-state index in [-0.39, 0.29) is 5.91 Å². The first-order chi connectivity index (χ1) is 10.2. The second kappa shape index (κ2) is 5.25. The van der Waals surface area contributed by atoms with Gasteiger partial charge in [-0.1, -0.05) is 30.8 Å². The molecule has 0 aliphatic heterocycles. The Bertz CT molecular complexity index is 833. The molecule has 0 radical (unpaired) electrons. The van der Waals surface area contributed by atoms with Gasteiger partial charge in [0.25, 0.3) is 0 Å². The summed E-state index contributed by atoms with van der Waals surface area (Å²) in [7, 11) is 1.92. The van der Waals surface area contributed by atoms with Gasteiger partial charge in [-0.2, -0.15) is 5.10 Å². The van der Waals surface area contributed by atoms with E-state index in [1.54, 1.807) is 0 Å². The molecular weight excluding hydrogens is 262 g/mol. The Hall–Kier alpha value is -2.88. The standard InChI is InChI=1S/C17H15N3O/c1-3-17(21)19-15-6-4-5-12(9-15)13-7-8-14-11-18-20(2)16(14)10-13/h3-11H,1H2,2H3,(H,19,21). The Morgan fingerprint density at radius 2 is 2.05 bits per heavy atom. The minimum Gasteiger partial charge on any atom is -0.323 e. The van der Waals surface area contributed by atoms with Crippen LogP contribution < -0.4 is 5.32 Å². The largest absolute Gasteiger partial charge is 0.323 e. The molecule has 0 aliphatic carbocycles. The van der Waals surface area contributed by atoms with Crippen LogP contribution in [0.1, 0.15) is 0 Å². The van der Waals surface area contributed by atoms with Crippen molar-refractivity contribution in [3.8, 4) is 11.1 Å². The van der Waals surface area contributed by atoms with Crippen molar-refractivity contribution in [2.45, 2.75) is 0 Å². The first kappa shape index (κ1) is 13.1. The fraction of sp³-hybridized carbons (Fsp3) is 0.0588. The summed E-state index contributed by atoms with van der Waals surface area (Å²) in [4.78, 5) is 11.4. The number of carbonyl (C=O) groups is 1. The molecule has 3 rings (SSSR count). The monoisotopic (exact) mass is 277 g/mol. The maximum Gasteiger partial charge on any atom is 0.247 e. The molecule has 0 spiro atoms. The van der Waals surface area contributed by atoms with Gasteiger partial charge in [0.2, 0.25) is 5.91 Å². The van der Waals surface area contributed by atoms with Crippen molar-refractivity contribution >= 4 is 22.5 Å². The van der Waals surface area contributed by atoms with E-state index in [1.165, 1.54) is 6.08 Å². The average Bonchev–Trinajstić information content (AvgIpc) is 2.88. The molecule has 0 bridgehead atoms. The van der Waals surface area contributed by atoms with Crippen molar-refractivity contribution in [2.24, 2.45) is 7.05 Å². The Kier molecular flexibility index (Phi) is 3.28. The third kappa shape index (κ3) is 2.56. The molecule has 3 aromatic rings. The summed E-state index contributed by atoms with van der Waals surface area (Å²) in [6.07, 6.45) is 3.11. The van der Waals surface area contributed by atoms with Gasteiger partial charge in [0.15, 0.2) is 0 Å². The number of benzene rings is 2. The molecule has 4 nitrogen and oxygen atoms in total. The maximum atomic E-state index is 11.4. The van der Waals surface area contributed by atoms with Gasteiger partial charge in [0, 0.05) is 18.1 Å². The molecule has 0 saturated carbocycles. The lowest BCUT2D eigenvalue weighted by molar-refractivity contribution is -0.111. The van der Waals surface area contributed by atoms with Gasteiger partial charge in [0.05, 0.1) is 11.7 Å². The number of carbonyl (C=O) groups excluding carboxylic acids is 1. The Morgan fingerprint density at radius 1 is 1.24 bits per heavy atom. The van der Waals surface area contributed by atoms with E-state index in [1.807, 2.05) is 48.3 Å². The lowest BCUT2D eigenvalue weighted by atomic mass is 10.0. The van der Waals surface area contributed by atoms with Crippen LogP contribution in [0.25, 0.3) is 22.0 Å². The molecule has 21 heavy (non-hydrogen) atoms. The number of nitrogens with zero attached hydrogens (tertiary/aromatic N) is 2. The van der Waals surface area contributed by atoms with E-state index in [0.717, 1.165) is 27.7 Å². The van der Waals surface area contributed by atoms with E-state index in [9.17, 15) is 4.79 Å². The van der Waals surface area contributed by atoms with Crippen molar-refractivity contribution in [3.05, 3.63) is 61.3 Å². The fourth-order valence-electron chi connectivity index (χ4n) is 2.29. The average molecular weight is 277 g/mol. The number of nitrogens with one attached hydrogen (secondary N) is 1. The van der Waals surface area contributed by atoms with Gasteiger partial charge >= 0.3 is 0 Å². The van der Waals surface area contributed by atoms with Crippen LogP contribution in [0.5, 0.6) is 0 Å². The molecule has 1 aromatic heterocycles. The first-order valence-corrected chi connectivity index (χ1v) is 6.63. The van der Waals surface area contributed by atoms with Gasteiger partial charge in [-0.25, -0.2) is 0 Å². The number of aryl methyl sites for hydroxylation is 1. The molecule has 0 saturated heterocycles. The topological polar surface area (TPSA) is 46.9 Å². The zero-order chi connectivity index (χ0) is 14.8. The lowest BCUT2D eigenvalue weighted by Crippen LogP contribution is -2.06. The van der Waals surface area contributed by atoms with Crippen LogP contribution in [0.4, 0.5) is 5.69 Å². The number of hydrogen-bond donors (Lipinski definition) is 1. The predicted molar refractivity (Wildman–Crippen MR) is 85.0 cm³/mol. The van der Waals surface area contributed by atoms with Gasteiger partial charge in [-0.3, -0.25) is 9.48 Å². The minimum atomic E-state index is -0.214. The first-order valence-electron chi connectivity index (χ1n) is 6.63. The van der Waals surface area contributed by atoms with Crippen molar-refractivity contribution in [2.75, 3.05) is 5.32 Å².